The van der Waals surface area contributed by atoms with E-state index in [1.807, 2.05) is 44.2 Å². The van der Waals surface area contributed by atoms with Crippen molar-refractivity contribution in [3.63, 3.8) is 0 Å². The summed E-state index contributed by atoms with van der Waals surface area (Å²) in [5.41, 5.74) is 0.887. The Morgan fingerprint density at radius 3 is 2.58 bits per heavy atom. The molecule has 2 aliphatic heterocycles. The Bertz CT molecular complexity index is 709. The second-order valence-corrected chi connectivity index (χ2v) is 8.47. The number of carbonyl (C=O) groups excluding carboxylic acids is 3. The number of ether oxygens (including phenoxy) is 2. The first-order valence-corrected chi connectivity index (χ1v) is 9.37. The van der Waals surface area contributed by atoms with Crippen molar-refractivity contribution in [1.29, 1.82) is 0 Å². The molecule has 1 aromatic rings. The fourth-order valence-electron chi connectivity index (χ4n) is 3.23. The summed E-state index contributed by atoms with van der Waals surface area (Å²) in [6, 6.07) is 8.02. The zero-order valence-electron chi connectivity index (χ0n) is 14.9. The van der Waals surface area contributed by atoms with Crippen LogP contribution >= 0.6 is 11.8 Å². The number of thioether (sulfide) groups is 1. The summed E-state index contributed by atoms with van der Waals surface area (Å²) < 4.78 is 9.77. The molecule has 1 N–H and O–H groups in total. The molecule has 0 spiro atoms. The molecule has 26 heavy (non-hydrogen) atoms. The van der Waals surface area contributed by atoms with Crippen LogP contribution in [0.15, 0.2) is 30.3 Å². The molecule has 0 unspecified atom stereocenters. The van der Waals surface area contributed by atoms with Crippen molar-refractivity contribution in [2.24, 2.45) is 0 Å². The van der Waals surface area contributed by atoms with Crippen LogP contribution in [0.5, 0.6) is 0 Å². The third-order valence-corrected chi connectivity index (χ3v) is 6.01. The zero-order valence-corrected chi connectivity index (χ0v) is 15.7. The number of β-lactam (4-membered cyclic amide) rings is 1. The predicted molar refractivity (Wildman–Crippen MR) is 96.3 cm³/mol. The third-order valence-electron chi connectivity index (χ3n) is 4.44. The SMILES string of the molecule is CCOC(=O)N[C@@H]1C(=O)N2[C@@H]1SC(C)(C)[C@@H]2C(=O)OCc1ccccc1. The monoisotopic (exact) mass is 378 g/mol. The highest BCUT2D eigenvalue weighted by Gasteiger charge is 2.64. The van der Waals surface area contributed by atoms with Crippen LogP contribution in [0, 0.1) is 0 Å². The van der Waals surface area contributed by atoms with Gasteiger partial charge in [-0.15, -0.1) is 11.8 Å². The largest absolute Gasteiger partial charge is 0.459 e. The van der Waals surface area contributed by atoms with E-state index in [-0.39, 0.29) is 24.5 Å². The van der Waals surface area contributed by atoms with Gasteiger partial charge >= 0.3 is 12.1 Å². The van der Waals surface area contributed by atoms with Gasteiger partial charge in [-0.25, -0.2) is 9.59 Å². The van der Waals surface area contributed by atoms with E-state index >= 15 is 0 Å². The highest BCUT2D eigenvalue weighted by atomic mass is 32.2. The number of nitrogens with zero attached hydrogens (tertiary/aromatic N) is 1. The summed E-state index contributed by atoms with van der Waals surface area (Å²) >= 11 is 1.48. The van der Waals surface area contributed by atoms with Gasteiger partial charge in [0.05, 0.1) is 6.61 Å². The maximum absolute atomic E-state index is 12.7. The topological polar surface area (TPSA) is 84.9 Å². The van der Waals surface area contributed by atoms with Crippen molar-refractivity contribution in [2.45, 2.75) is 49.6 Å². The lowest BCUT2D eigenvalue weighted by Gasteiger charge is -2.43. The maximum atomic E-state index is 12.7. The number of hydrogen-bond acceptors (Lipinski definition) is 6. The smallest absolute Gasteiger partial charge is 0.407 e. The second kappa shape index (κ2) is 7.19. The second-order valence-electron chi connectivity index (χ2n) is 6.70. The summed E-state index contributed by atoms with van der Waals surface area (Å²) in [7, 11) is 0. The molecule has 2 fully saturated rings. The normalized spacial score (nSPS) is 25.9. The average Bonchev–Trinajstić information content (AvgIpc) is 2.87. The highest BCUT2D eigenvalue weighted by molar-refractivity contribution is 8.01. The Morgan fingerprint density at radius 1 is 1.23 bits per heavy atom. The van der Waals surface area contributed by atoms with E-state index in [2.05, 4.69) is 5.32 Å². The van der Waals surface area contributed by atoms with Crippen molar-refractivity contribution in [3.8, 4) is 0 Å². The summed E-state index contributed by atoms with van der Waals surface area (Å²) in [4.78, 5) is 38.3. The molecule has 1 aromatic carbocycles. The molecule has 3 atom stereocenters. The van der Waals surface area contributed by atoms with Gasteiger partial charge in [0.1, 0.15) is 24.1 Å². The molecular weight excluding hydrogens is 356 g/mol. The average molecular weight is 378 g/mol. The standard InChI is InChI=1S/C18H22N2O5S/c1-4-24-17(23)19-12-14(21)20-13(18(2,3)26-15(12)20)16(22)25-10-11-8-6-5-7-9-11/h5-9,12-13,15H,4,10H2,1-3H3,(H,19,23)/t12-,13+,15-/m1/s1. The number of amides is 2. The molecular formula is C18H22N2O5S. The minimum Gasteiger partial charge on any atom is -0.459 e. The summed E-state index contributed by atoms with van der Waals surface area (Å²) in [6.07, 6.45) is -0.626. The molecule has 8 heteroatoms. The van der Waals surface area contributed by atoms with Gasteiger partial charge in [-0.3, -0.25) is 4.79 Å². The van der Waals surface area contributed by atoms with Crippen LogP contribution in [0.2, 0.25) is 0 Å². The van der Waals surface area contributed by atoms with Gasteiger partial charge in [0.2, 0.25) is 5.91 Å². The van der Waals surface area contributed by atoms with Crippen LogP contribution in [0.25, 0.3) is 0 Å². The number of alkyl carbamates (subject to hydrolysis) is 1. The first-order chi connectivity index (χ1) is 12.3. The van der Waals surface area contributed by atoms with E-state index in [4.69, 9.17) is 9.47 Å². The Labute approximate surface area is 156 Å². The lowest BCUT2D eigenvalue weighted by molar-refractivity contribution is -0.164. The molecule has 140 valence electrons. The lowest BCUT2D eigenvalue weighted by atomic mass is 9.96. The molecule has 7 nitrogen and oxygen atoms in total. The van der Waals surface area contributed by atoms with Crippen LogP contribution in [-0.2, 0) is 25.7 Å². The number of esters is 1. The van der Waals surface area contributed by atoms with Gasteiger partial charge < -0.3 is 19.7 Å². The van der Waals surface area contributed by atoms with Crippen molar-refractivity contribution >= 4 is 29.7 Å². The number of fused-ring (bicyclic) bond motifs is 1. The van der Waals surface area contributed by atoms with Crippen molar-refractivity contribution in [3.05, 3.63) is 35.9 Å². The fourth-order valence-corrected chi connectivity index (χ4v) is 4.85. The fraction of sp³-hybridized carbons (Fsp3) is 0.500. The van der Waals surface area contributed by atoms with Crippen LogP contribution in [0.1, 0.15) is 26.3 Å². The van der Waals surface area contributed by atoms with Crippen molar-refractivity contribution < 1.29 is 23.9 Å². The van der Waals surface area contributed by atoms with Crippen LogP contribution in [0.4, 0.5) is 4.79 Å². The number of hydrogen-bond donors (Lipinski definition) is 1. The molecule has 2 saturated heterocycles. The van der Waals surface area contributed by atoms with Crippen LogP contribution < -0.4 is 5.32 Å². The first kappa shape index (κ1) is 18.6. The van der Waals surface area contributed by atoms with Crippen LogP contribution in [0.3, 0.4) is 0 Å². The van der Waals surface area contributed by atoms with E-state index in [9.17, 15) is 14.4 Å². The van der Waals surface area contributed by atoms with E-state index in [0.29, 0.717) is 0 Å². The number of nitrogens with one attached hydrogen (secondary N) is 1. The Hall–Kier alpha value is -2.22. The quantitative estimate of drug-likeness (QED) is 0.622. The van der Waals surface area contributed by atoms with Crippen molar-refractivity contribution in [1.82, 2.24) is 10.2 Å². The zero-order chi connectivity index (χ0) is 18.9. The summed E-state index contributed by atoms with van der Waals surface area (Å²) in [6.45, 7) is 5.89. The predicted octanol–water partition coefficient (Wildman–Crippen LogP) is 1.91. The number of rotatable bonds is 5. The van der Waals surface area contributed by atoms with Gasteiger partial charge in [0.25, 0.3) is 0 Å². The van der Waals surface area contributed by atoms with Crippen LogP contribution in [-0.4, -0.2) is 51.7 Å². The van der Waals surface area contributed by atoms with E-state index in [1.165, 1.54) is 16.7 Å². The molecule has 2 amide bonds. The van der Waals surface area contributed by atoms with Gasteiger partial charge in [0, 0.05) is 4.75 Å². The molecule has 0 saturated carbocycles. The summed E-state index contributed by atoms with van der Waals surface area (Å²) in [5.74, 6) is -0.723. The molecule has 2 aliphatic rings. The molecule has 0 aliphatic carbocycles. The maximum Gasteiger partial charge on any atom is 0.407 e. The Morgan fingerprint density at radius 2 is 1.92 bits per heavy atom. The Kier molecular flexibility index (Phi) is 5.13. The molecule has 2 heterocycles. The van der Waals surface area contributed by atoms with Gasteiger partial charge in [-0.05, 0) is 26.3 Å². The first-order valence-electron chi connectivity index (χ1n) is 8.49. The third kappa shape index (κ3) is 3.38. The minimum atomic E-state index is -0.686. The van der Waals surface area contributed by atoms with Gasteiger partial charge in [-0.1, -0.05) is 30.3 Å². The van der Waals surface area contributed by atoms with E-state index in [1.54, 1.807) is 6.92 Å². The lowest BCUT2D eigenvalue weighted by Crippen LogP contribution is -2.70. The van der Waals surface area contributed by atoms with Crippen molar-refractivity contribution in [2.75, 3.05) is 6.61 Å². The number of carbonyl (C=O) groups is 3. The summed E-state index contributed by atoms with van der Waals surface area (Å²) in [5, 5.41) is 2.27. The molecule has 0 radical (unpaired) electrons. The molecule has 0 aromatic heterocycles. The number of benzene rings is 1. The van der Waals surface area contributed by atoms with E-state index in [0.717, 1.165) is 5.56 Å². The highest BCUT2D eigenvalue weighted by Crippen LogP contribution is 2.51. The molecule has 0 bridgehead atoms. The minimum absolute atomic E-state index is 0.161. The van der Waals surface area contributed by atoms with E-state index < -0.39 is 28.9 Å². The van der Waals surface area contributed by atoms with Gasteiger partial charge in [0.15, 0.2) is 0 Å². The molecule has 3 rings (SSSR count). The van der Waals surface area contributed by atoms with Gasteiger partial charge in [-0.2, -0.15) is 0 Å². The Balaban J connectivity index is 1.66.